The molecule has 2 fully saturated rings. The van der Waals surface area contributed by atoms with E-state index in [1.165, 1.54) is 0 Å². The van der Waals surface area contributed by atoms with Crippen LogP contribution in [0.3, 0.4) is 0 Å². The first-order valence-electron chi connectivity index (χ1n) is 6.23. The molecule has 9 heteroatoms. The lowest BCUT2D eigenvalue weighted by Crippen LogP contribution is -2.49. The Morgan fingerprint density at radius 2 is 1.70 bits per heavy atom. The summed E-state index contributed by atoms with van der Waals surface area (Å²) < 4.78 is 31.7. The van der Waals surface area contributed by atoms with Crippen molar-refractivity contribution in [1.29, 1.82) is 0 Å². The number of nitrogens with two attached hydrogens (primary N) is 1. The number of aliphatic hydroxyl groups is 2. The maximum atomic E-state index is 10.6. The van der Waals surface area contributed by atoms with Crippen LogP contribution in [-0.2, 0) is 4.79 Å². The molecule has 0 radical (unpaired) electrons. The molecule has 0 amide bonds. The second kappa shape index (κ2) is 6.25. The van der Waals surface area contributed by atoms with Gasteiger partial charge in [-0.25, -0.2) is 4.79 Å². The number of hydrogen-bond acceptors (Lipinski definition) is 5. The lowest BCUT2D eigenvalue weighted by Gasteiger charge is -2.37. The summed E-state index contributed by atoms with van der Waals surface area (Å²) in [5, 5.41) is 29.5. The molecule has 0 aromatic carbocycles. The van der Waals surface area contributed by atoms with E-state index in [1.54, 1.807) is 0 Å². The smallest absolute Gasteiger partial charge is 0.475 e. The van der Waals surface area contributed by atoms with Crippen LogP contribution in [0.1, 0.15) is 19.3 Å². The molecular formula is C11H19F3N2O4. The second-order valence-electron chi connectivity index (χ2n) is 5.20. The SMILES string of the molecule is N[C@@H]1[C@H](O)[C@@H](O)CC12CCNCC2.O=C(O)C(F)(F)F. The Morgan fingerprint density at radius 3 is 2.00 bits per heavy atom. The van der Waals surface area contributed by atoms with Gasteiger partial charge in [-0.15, -0.1) is 0 Å². The Morgan fingerprint density at radius 1 is 1.25 bits per heavy atom. The fourth-order valence-corrected chi connectivity index (χ4v) is 2.74. The monoisotopic (exact) mass is 300 g/mol. The predicted octanol–water partition coefficient (Wildman–Crippen LogP) is -0.558. The quantitative estimate of drug-likeness (QED) is 0.410. The van der Waals surface area contributed by atoms with Gasteiger partial charge >= 0.3 is 12.1 Å². The third-order valence-electron chi connectivity index (χ3n) is 3.93. The highest BCUT2D eigenvalue weighted by atomic mass is 19.4. The third kappa shape index (κ3) is 3.81. The zero-order valence-corrected chi connectivity index (χ0v) is 10.7. The van der Waals surface area contributed by atoms with Crippen molar-refractivity contribution in [2.24, 2.45) is 11.1 Å². The summed E-state index contributed by atoms with van der Waals surface area (Å²) in [6.07, 6.45) is -3.81. The number of carbonyl (C=O) groups is 1. The molecule has 1 saturated carbocycles. The van der Waals surface area contributed by atoms with Gasteiger partial charge in [0.05, 0.1) is 12.2 Å². The van der Waals surface area contributed by atoms with E-state index in [9.17, 15) is 23.4 Å². The van der Waals surface area contributed by atoms with Crippen LogP contribution in [0.5, 0.6) is 0 Å². The predicted molar refractivity (Wildman–Crippen MR) is 62.8 cm³/mol. The first-order valence-corrected chi connectivity index (χ1v) is 6.23. The maximum absolute atomic E-state index is 10.6. The van der Waals surface area contributed by atoms with Crippen molar-refractivity contribution >= 4 is 5.97 Å². The number of halogens is 3. The van der Waals surface area contributed by atoms with Crippen LogP contribution in [0.15, 0.2) is 0 Å². The average molecular weight is 300 g/mol. The summed E-state index contributed by atoms with van der Waals surface area (Å²) >= 11 is 0. The van der Waals surface area contributed by atoms with E-state index in [2.05, 4.69) is 5.32 Å². The molecule has 0 unspecified atom stereocenters. The lowest BCUT2D eigenvalue weighted by atomic mass is 9.74. The topological polar surface area (TPSA) is 116 Å². The van der Waals surface area contributed by atoms with Crippen LogP contribution in [0.4, 0.5) is 13.2 Å². The van der Waals surface area contributed by atoms with Gasteiger partial charge in [0.25, 0.3) is 0 Å². The van der Waals surface area contributed by atoms with E-state index in [0.29, 0.717) is 6.42 Å². The summed E-state index contributed by atoms with van der Waals surface area (Å²) in [4.78, 5) is 8.90. The Balaban J connectivity index is 0.000000246. The van der Waals surface area contributed by atoms with Crippen LogP contribution in [0.2, 0.25) is 0 Å². The number of aliphatic carboxylic acids is 1. The Bertz CT molecular complexity index is 345. The van der Waals surface area contributed by atoms with Gasteiger partial charge < -0.3 is 26.4 Å². The number of piperidine rings is 1. The van der Waals surface area contributed by atoms with Crippen molar-refractivity contribution in [2.75, 3.05) is 13.1 Å². The first kappa shape index (κ1) is 17.2. The Hall–Kier alpha value is -0.900. The van der Waals surface area contributed by atoms with Crippen LogP contribution in [0.25, 0.3) is 0 Å². The van der Waals surface area contributed by atoms with Crippen LogP contribution in [0, 0.1) is 5.41 Å². The minimum Gasteiger partial charge on any atom is -0.475 e. The van der Waals surface area contributed by atoms with E-state index < -0.39 is 24.4 Å². The lowest BCUT2D eigenvalue weighted by molar-refractivity contribution is -0.192. The highest BCUT2D eigenvalue weighted by molar-refractivity contribution is 5.73. The molecule has 118 valence electrons. The Labute approximate surface area is 113 Å². The van der Waals surface area contributed by atoms with E-state index in [-0.39, 0.29) is 11.5 Å². The molecule has 1 saturated heterocycles. The molecule has 0 bridgehead atoms. The normalized spacial score (nSPS) is 32.6. The summed E-state index contributed by atoms with van der Waals surface area (Å²) in [5.74, 6) is -2.76. The third-order valence-corrected chi connectivity index (χ3v) is 3.93. The molecule has 1 heterocycles. The minimum absolute atomic E-state index is 0.00984. The van der Waals surface area contributed by atoms with Crippen molar-refractivity contribution < 1.29 is 33.3 Å². The number of hydrogen-bond donors (Lipinski definition) is 5. The zero-order valence-electron chi connectivity index (χ0n) is 10.7. The standard InChI is InChI=1S/C9H18N2O2.C2HF3O2/c10-8-7(13)6(12)5-9(8)1-3-11-4-2-9;3-2(4,5)1(6)7/h6-8,11-13H,1-5,10H2;(H,6,7)/t6-,7+,8+;/m0./s1. The molecule has 6 nitrogen and oxygen atoms in total. The van der Waals surface area contributed by atoms with Gasteiger partial charge in [0.2, 0.25) is 0 Å². The van der Waals surface area contributed by atoms with Crippen LogP contribution in [-0.4, -0.2) is 58.8 Å². The number of rotatable bonds is 0. The van der Waals surface area contributed by atoms with Gasteiger partial charge in [-0.1, -0.05) is 0 Å². The van der Waals surface area contributed by atoms with E-state index in [4.69, 9.17) is 15.6 Å². The summed E-state index contributed by atoms with van der Waals surface area (Å²) in [5.41, 5.74) is 5.93. The largest absolute Gasteiger partial charge is 0.490 e. The molecule has 1 aliphatic heterocycles. The molecule has 1 aliphatic carbocycles. The molecule has 3 atom stereocenters. The highest BCUT2D eigenvalue weighted by Gasteiger charge is 2.50. The second-order valence-corrected chi connectivity index (χ2v) is 5.20. The zero-order chi connectivity index (χ0) is 15.6. The fourth-order valence-electron chi connectivity index (χ4n) is 2.74. The highest BCUT2D eigenvalue weighted by Crippen LogP contribution is 2.44. The average Bonchev–Trinajstić information content (AvgIpc) is 2.55. The molecule has 0 aromatic rings. The summed E-state index contributed by atoms with van der Waals surface area (Å²) in [6, 6.07) is -0.246. The number of carboxylic acids is 1. The molecule has 2 rings (SSSR count). The van der Waals surface area contributed by atoms with Crippen molar-refractivity contribution in [1.82, 2.24) is 5.32 Å². The maximum Gasteiger partial charge on any atom is 0.490 e. The van der Waals surface area contributed by atoms with E-state index in [1.807, 2.05) is 0 Å². The number of carboxylic acid groups (broad SMARTS) is 1. The van der Waals surface area contributed by atoms with E-state index in [0.717, 1.165) is 25.9 Å². The van der Waals surface area contributed by atoms with Crippen molar-refractivity contribution in [3.8, 4) is 0 Å². The Kier molecular flexibility index (Phi) is 5.36. The minimum atomic E-state index is -5.08. The summed E-state index contributed by atoms with van der Waals surface area (Å²) in [6.45, 7) is 1.90. The van der Waals surface area contributed by atoms with Gasteiger partial charge in [0.15, 0.2) is 0 Å². The molecule has 0 aromatic heterocycles. The van der Waals surface area contributed by atoms with Gasteiger partial charge in [-0.3, -0.25) is 0 Å². The first-order chi connectivity index (χ1) is 9.10. The molecule has 20 heavy (non-hydrogen) atoms. The molecule has 1 spiro atoms. The number of nitrogens with one attached hydrogen (secondary N) is 1. The van der Waals surface area contributed by atoms with Crippen molar-refractivity contribution in [3.63, 3.8) is 0 Å². The van der Waals surface area contributed by atoms with E-state index >= 15 is 0 Å². The van der Waals surface area contributed by atoms with Crippen molar-refractivity contribution in [3.05, 3.63) is 0 Å². The molecule has 6 N–H and O–H groups in total. The van der Waals surface area contributed by atoms with Gasteiger partial charge in [0, 0.05) is 6.04 Å². The number of alkyl halides is 3. The van der Waals surface area contributed by atoms with Gasteiger partial charge in [0.1, 0.15) is 0 Å². The van der Waals surface area contributed by atoms with Gasteiger partial charge in [-0.05, 0) is 37.8 Å². The van der Waals surface area contributed by atoms with Crippen LogP contribution >= 0.6 is 0 Å². The van der Waals surface area contributed by atoms with Crippen molar-refractivity contribution in [2.45, 2.75) is 43.7 Å². The fraction of sp³-hybridized carbons (Fsp3) is 0.909. The summed E-state index contributed by atoms with van der Waals surface area (Å²) in [7, 11) is 0. The van der Waals surface area contributed by atoms with Crippen LogP contribution < -0.4 is 11.1 Å². The van der Waals surface area contributed by atoms with Gasteiger partial charge in [-0.2, -0.15) is 13.2 Å². The molecule has 2 aliphatic rings. The molecular weight excluding hydrogens is 281 g/mol. The number of aliphatic hydroxyl groups excluding tert-OH is 2.